The summed E-state index contributed by atoms with van der Waals surface area (Å²) in [4.78, 5) is 11.7. The van der Waals surface area contributed by atoms with Gasteiger partial charge in [-0.1, -0.05) is 20.8 Å². The lowest BCUT2D eigenvalue weighted by atomic mass is 9.70. The smallest absolute Gasteiger partial charge is 0.139 e. The van der Waals surface area contributed by atoms with E-state index in [0.717, 1.165) is 12.8 Å². The molecular formula is C10H16O. The maximum absolute atomic E-state index is 11.7. The van der Waals surface area contributed by atoms with Gasteiger partial charge in [-0.2, -0.15) is 0 Å². The first kappa shape index (κ1) is 6.22. The van der Waals surface area contributed by atoms with Crippen molar-refractivity contribution in [1.82, 2.24) is 0 Å². The molecule has 0 aromatic rings. The second-order valence-corrected chi connectivity index (χ2v) is 4.66. The Balaban J connectivity index is 2.56. The van der Waals surface area contributed by atoms with E-state index in [4.69, 9.17) is 1.37 Å². The summed E-state index contributed by atoms with van der Waals surface area (Å²) in [6.45, 7) is 6.20. The molecule has 2 fully saturated rings. The second-order valence-electron chi connectivity index (χ2n) is 4.66. The molecule has 2 bridgehead atoms. The summed E-state index contributed by atoms with van der Waals surface area (Å²) in [5, 5.41) is 0. The van der Waals surface area contributed by atoms with Gasteiger partial charge in [-0.3, -0.25) is 4.79 Å². The van der Waals surface area contributed by atoms with Crippen molar-refractivity contribution in [2.45, 2.75) is 40.0 Å². The van der Waals surface area contributed by atoms with E-state index in [2.05, 4.69) is 13.8 Å². The molecule has 0 radical (unpaired) electrons. The summed E-state index contributed by atoms with van der Waals surface area (Å²) in [6, 6.07) is 0. The van der Waals surface area contributed by atoms with Crippen LogP contribution in [-0.4, -0.2) is 5.78 Å². The molecule has 0 aliphatic heterocycles. The number of hydrogen-bond acceptors (Lipinski definition) is 1. The summed E-state index contributed by atoms with van der Waals surface area (Å²) < 4.78 is 8.21. The summed E-state index contributed by atoms with van der Waals surface area (Å²) in [7, 11) is 0. The van der Waals surface area contributed by atoms with E-state index in [1.807, 2.05) is 6.92 Å². The van der Waals surface area contributed by atoms with E-state index >= 15 is 0 Å². The Bertz CT molecular complexity index is 259. The van der Waals surface area contributed by atoms with Crippen molar-refractivity contribution in [3.8, 4) is 0 Å². The van der Waals surface area contributed by atoms with E-state index in [1.54, 1.807) is 0 Å². The standard InChI is InChI=1S/C10H16O/c1-9(2)7-4-5-10(9,3)8(11)6-7/h7H,4-6H2,1-3H3/i7D. The van der Waals surface area contributed by atoms with Gasteiger partial charge < -0.3 is 0 Å². The Hall–Kier alpha value is -0.330. The van der Waals surface area contributed by atoms with Crippen LogP contribution in [0.2, 0.25) is 0 Å². The van der Waals surface area contributed by atoms with E-state index in [9.17, 15) is 4.79 Å². The maximum Gasteiger partial charge on any atom is 0.139 e. The molecule has 2 saturated carbocycles. The van der Waals surface area contributed by atoms with Gasteiger partial charge >= 0.3 is 0 Å². The average Bonchev–Trinajstić information content (AvgIpc) is 2.18. The molecule has 2 unspecified atom stereocenters. The van der Waals surface area contributed by atoms with Gasteiger partial charge in [-0.05, 0) is 24.2 Å². The monoisotopic (exact) mass is 153 g/mol. The molecule has 0 aromatic carbocycles. The van der Waals surface area contributed by atoms with E-state index in [1.165, 1.54) is 0 Å². The maximum atomic E-state index is 11.7. The minimum atomic E-state index is -0.459. The molecule has 0 amide bonds. The average molecular weight is 153 g/mol. The quantitative estimate of drug-likeness (QED) is 0.522. The fourth-order valence-electron chi connectivity index (χ4n) is 2.60. The number of ketones is 1. The highest BCUT2D eigenvalue weighted by Crippen LogP contribution is 2.63. The number of carbonyl (C=O) groups excluding carboxylic acids is 1. The molecule has 2 atom stereocenters. The predicted octanol–water partition coefficient (Wildman–Crippen LogP) is 2.40. The van der Waals surface area contributed by atoms with Gasteiger partial charge in [-0.15, -0.1) is 0 Å². The molecule has 0 saturated heterocycles. The first-order valence-corrected chi connectivity index (χ1v) is 4.37. The number of hydrogen-bond donors (Lipinski definition) is 0. The fourth-order valence-corrected chi connectivity index (χ4v) is 2.60. The lowest BCUT2D eigenvalue weighted by Gasteiger charge is -2.32. The van der Waals surface area contributed by atoms with Crippen LogP contribution in [-0.2, 0) is 4.79 Å². The largest absolute Gasteiger partial charge is 0.299 e. The van der Waals surface area contributed by atoms with Crippen molar-refractivity contribution >= 4 is 5.78 Å². The van der Waals surface area contributed by atoms with E-state index < -0.39 is 5.89 Å². The van der Waals surface area contributed by atoms with Gasteiger partial charge in [0.1, 0.15) is 5.78 Å². The van der Waals surface area contributed by atoms with Crippen LogP contribution in [0.1, 0.15) is 41.4 Å². The highest BCUT2D eigenvalue weighted by molar-refractivity contribution is 5.89. The summed E-state index contributed by atoms with van der Waals surface area (Å²) in [5.41, 5.74) is -0.314. The zero-order chi connectivity index (χ0) is 9.20. The van der Waals surface area contributed by atoms with Gasteiger partial charge in [0.2, 0.25) is 0 Å². The number of rotatable bonds is 0. The topological polar surface area (TPSA) is 17.1 Å². The minimum Gasteiger partial charge on any atom is -0.299 e. The molecule has 0 heterocycles. The van der Waals surface area contributed by atoms with Crippen molar-refractivity contribution in [3.05, 3.63) is 0 Å². The first-order chi connectivity index (χ1) is 5.33. The van der Waals surface area contributed by atoms with Crippen LogP contribution in [0.5, 0.6) is 0 Å². The van der Waals surface area contributed by atoms with E-state index in [0.29, 0.717) is 12.2 Å². The highest BCUT2D eigenvalue weighted by Gasteiger charge is 2.61. The molecule has 2 aliphatic carbocycles. The molecule has 62 valence electrons. The van der Waals surface area contributed by atoms with E-state index in [-0.39, 0.29) is 10.8 Å². The number of carbonyl (C=O) groups is 1. The fraction of sp³-hybridized carbons (Fsp3) is 0.900. The van der Waals surface area contributed by atoms with Crippen LogP contribution in [0.4, 0.5) is 0 Å². The summed E-state index contributed by atoms with van der Waals surface area (Å²) >= 11 is 0. The van der Waals surface area contributed by atoms with Gasteiger partial charge in [0.05, 0.1) is 0 Å². The van der Waals surface area contributed by atoms with Gasteiger partial charge in [-0.25, -0.2) is 0 Å². The molecule has 1 nitrogen and oxygen atoms in total. The van der Waals surface area contributed by atoms with Gasteiger partial charge in [0, 0.05) is 13.2 Å². The summed E-state index contributed by atoms with van der Waals surface area (Å²) in [5.74, 6) is -0.146. The molecule has 2 rings (SSSR count). The Labute approximate surface area is 69.6 Å². The van der Waals surface area contributed by atoms with Crippen molar-refractivity contribution < 1.29 is 6.17 Å². The third-order valence-corrected chi connectivity index (χ3v) is 4.18. The van der Waals surface area contributed by atoms with Crippen LogP contribution in [0.3, 0.4) is 0 Å². The van der Waals surface area contributed by atoms with Crippen LogP contribution in [0, 0.1) is 16.7 Å². The van der Waals surface area contributed by atoms with Gasteiger partial charge in [0.25, 0.3) is 0 Å². The SMILES string of the molecule is [2H]C12CCC(C)(C(=O)C1)C2(C)C. The normalized spacial score (nSPS) is 54.8. The predicted molar refractivity (Wildman–Crippen MR) is 44.2 cm³/mol. The Morgan fingerprint density at radius 2 is 2.18 bits per heavy atom. The van der Waals surface area contributed by atoms with Gasteiger partial charge in [0.15, 0.2) is 0 Å². The minimum absolute atomic E-state index is 0.114. The van der Waals surface area contributed by atoms with Crippen LogP contribution in [0.25, 0.3) is 0 Å². The highest BCUT2D eigenvalue weighted by atomic mass is 16.1. The molecule has 2 aliphatic rings. The Morgan fingerprint density at radius 1 is 1.55 bits per heavy atom. The lowest BCUT2D eigenvalue weighted by Crippen LogP contribution is -2.32. The first-order valence-electron chi connectivity index (χ1n) is 4.87. The third-order valence-electron chi connectivity index (χ3n) is 4.18. The zero-order valence-corrected chi connectivity index (χ0v) is 7.53. The Kier molecular flexibility index (Phi) is 0.961. The zero-order valence-electron chi connectivity index (χ0n) is 8.53. The molecule has 1 heteroatoms. The van der Waals surface area contributed by atoms with Crippen molar-refractivity contribution in [2.75, 3.05) is 0 Å². The second kappa shape index (κ2) is 1.70. The molecular weight excluding hydrogens is 136 g/mol. The molecule has 0 spiro atoms. The number of Topliss-reactive ketones (excluding diaryl/α,β-unsaturated/α-hetero) is 1. The molecule has 11 heavy (non-hydrogen) atoms. The van der Waals surface area contributed by atoms with Crippen LogP contribution < -0.4 is 0 Å². The third kappa shape index (κ3) is 0.605. The summed E-state index contributed by atoms with van der Waals surface area (Å²) in [6.07, 6.45) is 2.31. The molecule has 0 aromatic heterocycles. The van der Waals surface area contributed by atoms with Crippen molar-refractivity contribution in [2.24, 2.45) is 16.7 Å². The Morgan fingerprint density at radius 3 is 2.36 bits per heavy atom. The van der Waals surface area contributed by atoms with Crippen molar-refractivity contribution in [3.63, 3.8) is 0 Å². The lowest BCUT2D eigenvalue weighted by molar-refractivity contribution is -0.128. The number of fused-ring (bicyclic) bond motifs is 2. The van der Waals surface area contributed by atoms with Crippen LogP contribution >= 0.6 is 0 Å². The molecule has 0 N–H and O–H groups in total. The van der Waals surface area contributed by atoms with Crippen LogP contribution in [0.15, 0.2) is 0 Å². The van der Waals surface area contributed by atoms with Crippen molar-refractivity contribution in [1.29, 1.82) is 0 Å².